The molecule has 1 aromatic heterocycles. The Balaban J connectivity index is 2.05. The fraction of sp³-hybridized carbons (Fsp3) is 0.421. The highest BCUT2D eigenvalue weighted by Gasteiger charge is 2.34. The molecule has 3 rings (SSSR count). The van der Waals surface area contributed by atoms with Crippen LogP contribution in [0.3, 0.4) is 0 Å². The van der Waals surface area contributed by atoms with E-state index in [-0.39, 0.29) is 29.8 Å². The van der Waals surface area contributed by atoms with E-state index in [0.717, 1.165) is 30.0 Å². The van der Waals surface area contributed by atoms with Crippen molar-refractivity contribution >= 4 is 17.7 Å². The maximum atomic E-state index is 12.1. The number of anilines is 1. The molecule has 0 spiro atoms. The molecule has 1 aliphatic heterocycles. The van der Waals surface area contributed by atoms with Crippen molar-refractivity contribution in [1.29, 1.82) is 0 Å². The zero-order chi connectivity index (χ0) is 19.6. The van der Waals surface area contributed by atoms with E-state index in [0.29, 0.717) is 12.1 Å². The van der Waals surface area contributed by atoms with Gasteiger partial charge in [-0.15, -0.1) is 0 Å². The molecule has 1 atom stereocenters. The van der Waals surface area contributed by atoms with Crippen molar-refractivity contribution in [3.05, 3.63) is 40.6 Å². The van der Waals surface area contributed by atoms with Crippen LogP contribution in [-0.2, 0) is 11.3 Å². The zero-order valence-corrected chi connectivity index (χ0v) is 15.7. The van der Waals surface area contributed by atoms with E-state index >= 15 is 0 Å². The van der Waals surface area contributed by atoms with Crippen molar-refractivity contribution in [3.63, 3.8) is 0 Å². The second kappa shape index (κ2) is 7.79. The van der Waals surface area contributed by atoms with Crippen LogP contribution < -0.4 is 10.1 Å². The Morgan fingerprint density at radius 3 is 2.74 bits per heavy atom. The number of H-pyrrole nitrogens is 1. The van der Waals surface area contributed by atoms with Crippen LogP contribution >= 0.6 is 0 Å². The lowest BCUT2D eigenvalue weighted by atomic mass is 9.85. The van der Waals surface area contributed by atoms with E-state index in [1.807, 2.05) is 18.2 Å². The fourth-order valence-electron chi connectivity index (χ4n) is 3.53. The summed E-state index contributed by atoms with van der Waals surface area (Å²) in [6.45, 7) is 6.73. The SMILES string of the molecule is CCN(CC)Cc1cc(C2CC(=O)Nc3n[nH]c(C(=O)O)c32)ccc1OC. The molecule has 0 radical (unpaired) electrons. The van der Waals surface area contributed by atoms with E-state index < -0.39 is 5.97 Å². The molecule has 0 bridgehead atoms. The van der Waals surface area contributed by atoms with Crippen LogP contribution in [0.4, 0.5) is 5.82 Å². The molecular formula is C19H24N4O4. The fourth-order valence-corrected chi connectivity index (χ4v) is 3.53. The molecule has 1 aromatic carbocycles. The molecule has 8 nitrogen and oxygen atoms in total. The third-order valence-electron chi connectivity index (χ3n) is 5.01. The third kappa shape index (κ3) is 3.66. The molecule has 2 heterocycles. The van der Waals surface area contributed by atoms with Crippen LogP contribution in [0, 0.1) is 0 Å². The van der Waals surface area contributed by atoms with Gasteiger partial charge in [-0.3, -0.25) is 14.8 Å². The normalized spacial score (nSPS) is 16.1. The lowest BCUT2D eigenvalue weighted by molar-refractivity contribution is -0.116. The molecular weight excluding hydrogens is 348 g/mol. The summed E-state index contributed by atoms with van der Waals surface area (Å²) in [4.78, 5) is 26.0. The third-order valence-corrected chi connectivity index (χ3v) is 5.01. The van der Waals surface area contributed by atoms with Gasteiger partial charge in [-0.2, -0.15) is 5.10 Å². The maximum Gasteiger partial charge on any atom is 0.354 e. The van der Waals surface area contributed by atoms with Crippen LogP contribution in [0.1, 0.15) is 53.4 Å². The molecule has 1 aliphatic rings. The molecule has 27 heavy (non-hydrogen) atoms. The summed E-state index contributed by atoms with van der Waals surface area (Å²) < 4.78 is 5.50. The molecule has 1 amide bonds. The number of amides is 1. The number of ether oxygens (including phenoxy) is 1. The summed E-state index contributed by atoms with van der Waals surface area (Å²) >= 11 is 0. The number of rotatable bonds is 7. The molecule has 0 fully saturated rings. The smallest absolute Gasteiger partial charge is 0.354 e. The predicted molar refractivity (Wildman–Crippen MR) is 100 cm³/mol. The zero-order valence-electron chi connectivity index (χ0n) is 15.7. The van der Waals surface area contributed by atoms with Gasteiger partial charge in [0.15, 0.2) is 5.82 Å². The predicted octanol–water partition coefficient (Wildman–Crippen LogP) is 2.43. The second-order valence-corrected chi connectivity index (χ2v) is 6.50. The van der Waals surface area contributed by atoms with Gasteiger partial charge >= 0.3 is 5.97 Å². The van der Waals surface area contributed by atoms with Gasteiger partial charge in [-0.05, 0) is 24.7 Å². The number of methoxy groups -OCH3 is 1. The minimum Gasteiger partial charge on any atom is -0.496 e. The molecule has 3 N–H and O–H groups in total. The number of nitrogens with one attached hydrogen (secondary N) is 2. The van der Waals surface area contributed by atoms with E-state index in [4.69, 9.17) is 4.74 Å². The largest absolute Gasteiger partial charge is 0.496 e. The Morgan fingerprint density at radius 2 is 2.11 bits per heavy atom. The first-order chi connectivity index (χ1) is 13.0. The van der Waals surface area contributed by atoms with Gasteiger partial charge in [0, 0.05) is 30.0 Å². The molecule has 1 unspecified atom stereocenters. The average Bonchev–Trinajstić information content (AvgIpc) is 3.09. The number of aromatic amines is 1. The number of aromatic carboxylic acids is 1. The standard InChI is InChI=1S/C19H24N4O4/c1-4-23(5-2)10-12-8-11(6-7-14(12)27-3)13-9-15(24)20-18-16(13)17(19(25)26)21-22-18/h6-8,13H,4-5,9-10H2,1-3H3,(H,25,26)(H2,20,21,22,24). The molecule has 2 aromatic rings. The summed E-state index contributed by atoms with van der Waals surface area (Å²) in [5.74, 6) is -0.592. The first kappa shape index (κ1) is 18.9. The lowest BCUT2D eigenvalue weighted by Crippen LogP contribution is -2.25. The van der Waals surface area contributed by atoms with Gasteiger partial charge in [0.1, 0.15) is 11.4 Å². The van der Waals surface area contributed by atoms with Crippen molar-refractivity contribution in [3.8, 4) is 5.75 Å². The summed E-state index contributed by atoms with van der Waals surface area (Å²) in [5, 5.41) is 18.6. The van der Waals surface area contributed by atoms with Crippen molar-refractivity contribution in [2.45, 2.75) is 32.7 Å². The van der Waals surface area contributed by atoms with Crippen LogP contribution in [0.25, 0.3) is 0 Å². The van der Waals surface area contributed by atoms with Crippen LogP contribution in [-0.4, -0.2) is 52.3 Å². The highest BCUT2D eigenvalue weighted by atomic mass is 16.5. The molecule has 8 heteroatoms. The molecule has 0 aliphatic carbocycles. The number of hydrogen-bond donors (Lipinski definition) is 3. The average molecular weight is 372 g/mol. The van der Waals surface area contributed by atoms with E-state index in [1.54, 1.807) is 7.11 Å². The maximum absolute atomic E-state index is 12.1. The topological polar surface area (TPSA) is 108 Å². The number of aromatic nitrogens is 2. The monoisotopic (exact) mass is 372 g/mol. The first-order valence-corrected chi connectivity index (χ1v) is 8.99. The summed E-state index contributed by atoms with van der Waals surface area (Å²) in [6.07, 6.45) is 0.170. The van der Waals surface area contributed by atoms with Crippen molar-refractivity contribution < 1.29 is 19.4 Å². The number of carboxylic acid groups (broad SMARTS) is 1. The number of nitrogens with zero attached hydrogens (tertiary/aromatic N) is 2. The Bertz CT molecular complexity index is 857. The van der Waals surface area contributed by atoms with Gasteiger partial charge in [0.2, 0.25) is 5.91 Å². The van der Waals surface area contributed by atoms with Crippen LogP contribution in [0.2, 0.25) is 0 Å². The number of hydrogen-bond acceptors (Lipinski definition) is 5. The van der Waals surface area contributed by atoms with Crippen molar-refractivity contribution in [1.82, 2.24) is 15.1 Å². The number of carbonyl (C=O) groups is 2. The van der Waals surface area contributed by atoms with Gasteiger partial charge < -0.3 is 15.2 Å². The minimum absolute atomic E-state index is 0.0103. The number of carboxylic acids is 1. The Morgan fingerprint density at radius 1 is 1.37 bits per heavy atom. The Labute approximate surface area is 157 Å². The molecule has 0 saturated heterocycles. The molecule has 144 valence electrons. The lowest BCUT2D eigenvalue weighted by Gasteiger charge is -2.25. The summed E-state index contributed by atoms with van der Waals surface area (Å²) in [5.41, 5.74) is 2.40. The van der Waals surface area contributed by atoms with Crippen LogP contribution in [0.15, 0.2) is 18.2 Å². The summed E-state index contributed by atoms with van der Waals surface area (Å²) in [7, 11) is 1.63. The van der Waals surface area contributed by atoms with Gasteiger partial charge in [-0.1, -0.05) is 26.0 Å². The van der Waals surface area contributed by atoms with Crippen molar-refractivity contribution in [2.24, 2.45) is 0 Å². The van der Waals surface area contributed by atoms with Gasteiger partial charge in [-0.25, -0.2) is 4.79 Å². The summed E-state index contributed by atoms with van der Waals surface area (Å²) in [6, 6.07) is 5.76. The minimum atomic E-state index is -1.10. The number of benzene rings is 1. The first-order valence-electron chi connectivity index (χ1n) is 8.99. The second-order valence-electron chi connectivity index (χ2n) is 6.50. The Hall–Kier alpha value is -2.87. The highest BCUT2D eigenvalue weighted by molar-refractivity contribution is 5.98. The van der Waals surface area contributed by atoms with Gasteiger partial charge in [0.05, 0.1) is 7.11 Å². The highest BCUT2D eigenvalue weighted by Crippen LogP contribution is 2.39. The van der Waals surface area contributed by atoms with Gasteiger partial charge in [0.25, 0.3) is 0 Å². The van der Waals surface area contributed by atoms with E-state index in [9.17, 15) is 14.7 Å². The number of fused-ring (bicyclic) bond motifs is 1. The Kier molecular flexibility index (Phi) is 5.46. The van der Waals surface area contributed by atoms with E-state index in [2.05, 4.69) is 34.3 Å². The van der Waals surface area contributed by atoms with E-state index in [1.165, 1.54) is 0 Å². The quantitative estimate of drug-likeness (QED) is 0.689. The van der Waals surface area contributed by atoms with Crippen molar-refractivity contribution in [2.75, 3.05) is 25.5 Å². The molecule has 0 saturated carbocycles. The number of carbonyl (C=O) groups excluding carboxylic acids is 1. The van der Waals surface area contributed by atoms with Crippen LogP contribution in [0.5, 0.6) is 5.75 Å².